The molecule has 0 aliphatic rings. The lowest BCUT2D eigenvalue weighted by Crippen LogP contribution is -2.04. The van der Waals surface area contributed by atoms with Crippen molar-refractivity contribution in [3.8, 4) is 17.1 Å². The molecule has 4 rings (SSSR count). The van der Waals surface area contributed by atoms with E-state index < -0.39 is 0 Å². The molecule has 3 aromatic carbocycles. The highest BCUT2D eigenvalue weighted by Crippen LogP contribution is 2.26. The highest BCUT2D eigenvalue weighted by atomic mass is 16.5. The van der Waals surface area contributed by atoms with Crippen LogP contribution in [0, 0.1) is 6.92 Å². The molecule has 0 spiro atoms. The molecule has 0 N–H and O–H groups in total. The van der Waals surface area contributed by atoms with E-state index in [-0.39, 0.29) is 0 Å². The largest absolute Gasteiger partial charge is 0.494 e. The third-order valence-electron chi connectivity index (χ3n) is 5.52. The lowest BCUT2D eigenvalue weighted by Gasteiger charge is -2.11. The maximum absolute atomic E-state index is 5.95. The first-order valence-electron chi connectivity index (χ1n) is 10.9. The van der Waals surface area contributed by atoms with Crippen LogP contribution in [0.5, 0.6) is 5.75 Å². The summed E-state index contributed by atoms with van der Waals surface area (Å²) < 4.78 is 8.30. The van der Waals surface area contributed by atoms with Gasteiger partial charge < -0.3 is 9.30 Å². The third-order valence-corrected chi connectivity index (χ3v) is 5.52. The molecule has 1 heterocycles. The van der Waals surface area contributed by atoms with Gasteiger partial charge in [-0.3, -0.25) is 0 Å². The van der Waals surface area contributed by atoms with Crippen molar-refractivity contribution < 1.29 is 4.74 Å². The van der Waals surface area contributed by atoms with Crippen molar-refractivity contribution in [2.24, 2.45) is 0 Å². The molecule has 0 amide bonds. The Morgan fingerprint density at radius 3 is 2.47 bits per heavy atom. The lowest BCUT2D eigenvalue weighted by atomic mass is 10.0. The van der Waals surface area contributed by atoms with Crippen molar-refractivity contribution in [1.29, 1.82) is 0 Å². The second kappa shape index (κ2) is 9.17. The van der Waals surface area contributed by atoms with E-state index >= 15 is 0 Å². The predicted molar refractivity (Wildman–Crippen MR) is 125 cm³/mol. The second-order valence-electron chi connectivity index (χ2n) is 8.22. The molecule has 154 valence electrons. The van der Waals surface area contributed by atoms with Crippen LogP contribution >= 0.6 is 0 Å². The number of fused-ring (bicyclic) bond motifs is 1. The number of ether oxygens (including phenoxy) is 1. The standard InChI is InChI=1S/C27H30N2O/c1-20(2)22-13-15-24(16-14-22)30-18-7-6-17-29-26-12-5-4-11-25(26)28-27(29)23-10-8-9-21(3)19-23/h4-5,8-16,19-20H,6-7,17-18H2,1-3H3. The number of benzene rings is 3. The first-order chi connectivity index (χ1) is 14.6. The number of imidazole rings is 1. The molecule has 0 unspecified atom stereocenters. The van der Waals surface area contributed by atoms with Gasteiger partial charge >= 0.3 is 0 Å². The number of nitrogens with zero attached hydrogens (tertiary/aromatic N) is 2. The lowest BCUT2D eigenvalue weighted by molar-refractivity contribution is 0.303. The fourth-order valence-electron chi connectivity index (χ4n) is 3.82. The van der Waals surface area contributed by atoms with Crippen molar-refractivity contribution in [3.05, 3.63) is 83.9 Å². The number of aryl methyl sites for hydroxylation is 2. The van der Waals surface area contributed by atoms with Gasteiger partial charge in [-0.25, -0.2) is 4.98 Å². The van der Waals surface area contributed by atoms with Gasteiger partial charge in [0.25, 0.3) is 0 Å². The number of hydrogen-bond donors (Lipinski definition) is 0. The van der Waals surface area contributed by atoms with E-state index in [9.17, 15) is 0 Å². The minimum atomic E-state index is 0.548. The van der Waals surface area contributed by atoms with Crippen molar-refractivity contribution in [2.45, 2.75) is 46.1 Å². The molecule has 1 aromatic heterocycles. The van der Waals surface area contributed by atoms with Gasteiger partial charge in [-0.05, 0) is 61.6 Å². The summed E-state index contributed by atoms with van der Waals surface area (Å²) in [4.78, 5) is 4.92. The first-order valence-corrected chi connectivity index (χ1v) is 10.9. The smallest absolute Gasteiger partial charge is 0.141 e. The molecule has 30 heavy (non-hydrogen) atoms. The maximum atomic E-state index is 5.95. The topological polar surface area (TPSA) is 27.1 Å². The number of unbranched alkanes of at least 4 members (excludes halogenated alkanes) is 1. The van der Waals surface area contributed by atoms with Crippen molar-refractivity contribution in [2.75, 3.05) is 6.61 Å². The normalized spacial score (nSPS) is 11.3. The average Bonchev–Trinajstić information content (AvgIpc) is 3.12. The maximum Gasteiger partial charge on any atom is 0.141 e. The van der Waals surface area contributed by atoms with Crippen LogP contribution in [0.2, 0.25) is 0 Å². The summed E-state index contributed by atoms with van der Waals surface area (Å²) in [6, 6.07) is 25.5. The highest BCUT2D eigenvalue weighted by Gasteiger charge is 2.12. The van der Waals surface area contributed by atoms with Gasteiger partial charge in [0.2, 0.25) is 0 Å². The molecule has 4 aromatic rings. The Hall–Kier alpha value is -3.07. The Balaban J connectivity index is 1.42. The first kappa shape index (κ1) is 20.2. The van der Waals surface area contributed by atoms with Gasteiger partial charge in [0.15, 0.2) is 0 Å². The fourth-order valence-corrected chi connectivity index (χ4v) is 3.82. The Morgan fingerprint density at radius 1 is 0.900 bits per heavy atom. The molecule has 3 nitrogen and oxygen atoms in total. The molecule has 0 radical (unpaired) electrons. The summed E-state index contributed by atoms with van der Waals surface area (Å²) in [6.45, 7) is 8.20. The van der Waals surface area contributed by atoms with Gasteiger partial charge in [-0.1, -0.05) is 61.9 Å². The van der Waals surface area contributed by atoms with E-state index in [2.05, 4.69) is 98.1 Å². The van der Waals surface area contributed by atoms with Crippen LogP contribution in [0.3, 0.4) is 0 Å². The van der Waals surface area contributed by atoms with Crippen LogP contribution in [0.25, 0.3) is 22.4 Å². The molecule has 0 atom stereocenters. The third kappa shape index (κ3) is 4.56. The minimum Gasteiger partial charge on any atom is -0.494 e. The molecular formula is C27H30N2O. The number of aromatic nitrogens is 2. The Bertz CT molecular complexity index is 1110. The average molecular weight is 399 g/mol. The summed E-state index contributed by atoms with van der Waals surface area (Å²) in [6.07, 6.45) is 2.05. The van der Waals surface area contributed by atoms with E-state index in [0.717, 1.165) is 43.1 Å². The van der Waals surface area contributed by atoms with E-state index in [0.29, 0.717) is 5.92 Å². The van der Waals surface area contributed by atoms with E-state index in [4.69, 9.17) is 9.72 Å². The van der Waals surface area contributed by atoms with Crippen molar-refractivity contribution in [3.63, 3.8) is 0 Å². The van der Waals surface area contributed by atoms with Gasteiger partial charge in [0.1, 0.15) is 11.6 Å². The van der Waals surface area contributed by atoms with E-state index in [1.165, 1.54) is 22.2 Å². The van der Waals surface area contributed by atoms with Gasteiger partial charge in [-0.2, -0.15) is 0 Å². The van der Waals surface area contributed by atoms with E-state index in [1.54, 1.807) is 0 Å². The van der Waals surface area contributed by atoms with Crippen LogP contribution < -0.4 is 4.74 Å². The molecule has 0 aliphatic carbocycles. The number of para-hydroxylation sites is 2. The summed E-state index contributed by atoms with van der Waals surface area (Å²) >= 11 is 0. The van der Waals surface area contributed by atoms with Crippen LogP contribution in [0.4, 0.5) is 0 Å². The summed E-state index contributed by atoms with van der Waals surface area (Å²) in [5.74, 6) is 2.55. The zero-order chi connectivity index (χ0) is 20.9. The second-order valence-corrected chi connectivity index (χ2v) is 8.22. The van der Waals surface area contributed by atoms with Gasteiger partial charge in [-0.15, -0.1) is 0 Å². The minimum absolute atomic E-state index is 0.548. The molecular weight excluding hydrogens is 368 g/mol. The zero-order valence-corrected chi connectivity index (χ0v) is 18.1. The summed E-state index contributed by atoms with van der Waals surface area (Å²) in [7, 11) is 0. The fraction of sp³-hybridized carbons (Fsp3) is 0.296. The van der Waals surface area contributed by atoms with Crippen LogP contribution in [-0.4, -0.2) is 16.2 Å². The monoisotopic (exact) mass is 398 g/mol. The highest BCUT2D eigenvalue weighted by molar-refractivity contribution is 5.80. The molecule has 3 heteroatoms. The summed E-state index contributed by atoms with van der Waals surface area (Å²) in [5.41, 5.74) is 6.02. The molecule has 0 saturated heterocycles. The Kier molecular flexibility index (Phi) is 6.18. The SMILES string of the molecule is Cc1cccc(-c2nc3ccccc3n2CCCCOc2ccc(C(C)C)cc2)c1. The summed E-state index contributed by atoms with van der Waals surface area (Å²) in [5, 5.41) is 0. The van der Waals surface area contributed by atoms with E-state index in [1.807, 2.05) is 0 Å². The quantitative estimate of drug-likeness (QED) is 0.299. The number of rotatable bonds is 8. The molecule has 0 fully saturated rings. The Labute approximate surface area is 179 Å². The van der Waals surface area contributed by atoms with Crippen LogP contribution in [0.1, 0.15) is 43.7 Å². The van der Waals surface area contributed by atoms with Crippen LogP contribution in [-0.2, 0) is 6.54 Å². The van der Waals surface area contributed by atoms with Crippen molar-refractivity contribution >= 4 is 11.0 Å². The van der Waals surface area contributed by atoms with Gasteiger partial charge in [0, 0.05) is 12.1 Å². The Morgan fingerprint density at radius 2 is 1.70 bits per heavy atom. The van der Waals surface area contributed by atoms with Gasteiger partial charge in [0.05, 0.1) is 17.6 Å². The van der Waals surface area contributed by atoms with Crippen molar-refractivity contribution in [1.82, 2.24) is 9.55 Å². The van der Waals surface area contributed by atoms with Crippen LogP contribution in [0.15, 0.2) is 72.8 Å². The predicted octanol–water partition coefficient (Wildman–Crippen LogP) is 6.99. The molecule has 0 bridgehead atoms. The molecule has 0 aliphatic heterocycles. The zero-order valence-electron chi connectivity index (χ0n) is 18.1. The number of hydrogen-bond acceptors (Lipinski definition) is 2. The molecule has 0 saturated carbocycles.